The van der Waals surface area contributed by atoms with E-state index in [0.717, 1.165) is 48.3 Å². The number of halogens is 1. The van der Waals surface area contributed by atoms with Crippen molar-refractivity contribution in [2.24, 2.45) is 5.92 Å². The summed E-state index contributed by atoms with van der Waals surface area (Å²) in [5.74, 6) is 0.215. The molecule has 3 N–H and O–H groups in total. The maximum absolute atomic E-state index is 12.4. The Morgan fingerprint density at radius 1 is 1.17 bits per heavy atom. The summed E-state index contributed by atoms with van der Waals surface area (Å²) in [6.45, 7) is 2.77. The normalized spacial score (nSPS) is 16.0. The lowest BCUT2D eigenvalue weighted by Crippen LogP contribution is -2.37. The van der Waals surface area contributed by atoms with Crippen LogP contribution in [0.4, 0.5) is 11.4 Å². The Bertz CT molecular complexity index is 694. The number of carbonyl (C=O) groups is 1. The summed E-state index contributed by atoms with van der Waals surface area (Å²) >= 11 is 3.40. The molecule has 2 aromatic rings. The number of nitrogens with two attached hydrogens (primary N) is 1. The van der Waals surface area contributed by atoms with Gasteiger partial charge in [0, 0.05) is 28.3 Å². The monoisotopic (exact) mass is 387 g/mol. The fraction of sp³-hybridized carbons (Fsp3) is 0.316. The largest absolute Gasteiger partial charge is 0.399 e. The molecule has 5 heteroatoms. The van der Waals surface area contributed by atoms with E-state index >= 15 is 0 Å². The summed E-state index contributed by atoms with van der Waals surface area (Å²) in [7, 11) is 0. The van der Waals surface area contributed by atoms with Gasteiger partial charge in [-0.15, -0.1) is 0 Å². The Morgan fingerprint density at radius 3 is 2.54 bits per heavy atom. The van der Waals surface area contributed by atoms with Gasteiger partial charge in [-0.05, 0) is 67.9 Å². The zero-order valence-corrected chi connectivity index (χ0v) is 15.1. The topological polar surface area (TPSA) is 58.4 Å². The minimum atomic E-state index is 0.0886. The van der Waals surface area contributed by atoms with Gasteiger partial charge in [-0.25, -0.2) is 0 Å². The Hall–Kier alpha value is -1.85. The van der Waals surface area contributed by atoms with Crippen molar-refractivity contribution in [3.05, 3.63) is 58.6 Å². The number of nitrogens with zero attached hydrogens (tertiary/aromatic N) is 1. The number of anilines is 2. The zero-order valence-electron chi connectivity index (χ0n) is 13.5. The van der Waals surface area contributed by atoms with Crippen molar-refractivity contribution in [2.45, 2.75) is 19.4 Å². The summed E-state index contributed by atoms with van der Waals surface area (Å²) in [5, 5.41) is 3.02. The molecule has 0 saturated carbocycles. The number of carbonyl (C=O) groups excluding carboxylic acids is 1. The van der Waals surface area contributed by atoms with E-state index in [9.17, 15) is 4.79 Å². The number of rotatable bonds is 4. The Kier molecular flexibility index (Phi) is 5.53. The number of nitrogen functional groups attached to an aromatic ring is 1. The first-order valence-electron chi connectivity index (χ1n) is 8.23. The lowest BCUT2D eigenvalue weighted by molar-refractivity contribution is -0.121. The van der Waals surface area contributed by atoms with Crippen LogP contribution in [0, 0.1) is 5.92 Å². The summed E-state index contributed by atoms with van der Waals surface area (Å²) in [6.07, 6.45) is 1.79. The van der Waals surface area contributed by atoms with Crippen LogP contribution in [0.1, 0.15) is 18.4 Å². The lowest BCUT2D eigenvalue weighted by atomic mass is 9.95. The van der Waals surface area contributed by atoms with E-state index in [4.69, 9.17) is 5.73 Å². The Morgan fingerprint density at radius 2 is 1.88 bits per heavy atom. The number of hydrogen-bond donors (Lipinski definition) is 2. The highest BCUT2D eigenvalue weighted by Gasteiger charge is 2.25. The van der Waals surface area contributed by atoms with Crippen LogP contribution >= 0.6 is 15.9 Å². The predicted molar refractivity (Wildman–Crippen MR) is 102 cm³/mol. The molecule has 0 aliphatic carbocycles. The molecule has 1 fully saturated rings. The number of hydrogen-bond acceptors (Lipinski definition) is 3. The number of likely N-dealkylation sites (tertiary alicyclic amines) is 1. The molecule has 1 aliphatic heterocycles. The molecule has 2 aromatic carbocycles. The molecule has 24 heavy (non-hydrogen) atoms. The number of benzene rings is 2. The van der Waals surface area contributed by atoms with E-state index < -0.39 is 0 Å². The third-order valence-electron chi connectivity index (χ3n) is 4.43. The predicted octanol–water partition coefficient (Wildman–Crippen LogP) is 3.88. The van der Waals surface area contributed by atoms with Crippen LogP contribution in [0.15, 0.2) is 53.0 Å². The van der Waals surface area contributed by atoms with Gasteiger partial charge in [0.05, 0.1) is 0 Å². The average Bonchev–Trinajstić information content (AvgIpc) is 2.57. The van der Waals surface area contributed by atoms with Crippen molar-refractivity contribution in [3.8, 4) is 0 Å². The summed E-state index contributed by atoms with van der Waals surface area (Å²) in [5.41, 5.74) is 8.72. The number of nitrogens with one attached hydrogen (secondary N) is 1. The van der Waals surface area contributed by atoms with Crippen LogP contribution < -0.4 is 11.1 Å². The van der Waals surface area contributed by atoms with E-state index in [-0.39, 0.29) is 11.8 Å². The van der Waals surface area contributed by atoms with Gasteiger partial charge in [0.2, 0.25) is 5.91 Å². The Labute approximate surface area is 151 Å². The van der Waals surface area contributed by atoms with Crippen molar-refractivity contribution in [1.29, 1.82) is 0 Å². The fourth-order valence-corrected chi connectivity index (χ4v) is 3.34. The third kappa shape index (κ3) is 4.58. The highest BCUT2D eigenvalue weighted by molar-refractivity contribution is 9.10. The average molecular weight is 388 g/mol. The minimum Gasteiger partial charge on any atom is -0.399 e. The van der Waals surface area contributed by atoms with Crippen molar-refractivity contribution < 1.29 is 4.79 Å². The lowest BCUT2D eigenvalue weighted by Gasteiger charge is -2.31. The molecule has 0 radical (unpaired) electrons. The van der Waals surface area contributed by atoms with Crippen molar-refractivity contribution in [3.63, 3.8) is 0 Å². The molecule has 1 amide bonds. The highest BCUT2D eigenvalue weighted by atomic mass is 79.9. The van der Waals surface area contributed by atoms with Crippen LogP contribution in [0.5, 0.6) is 0 Å². The van der Waals surface area contributed by atoms with E-state index in [2.05, 4.69) is 32.2 Å². The van der Waals surface area contributed by atoms with Gasteiger partial charge in [-0.1, -0.05) is 28.1 Å². The number of amides is 1. The van der Waals surface area contributed by atoms with Crippen LogP contribution in [-0.4, -0.2) is 23.9 Å². The minimum absolute atomic E-state index is 0.0886. The van der Waals surface area contributed by atoms with Crippen LogP contribution in [0.25, 0.3) is 0 Å². The third-order valence-corrected chi connectivity index (χ3v) is 4.96. The van der Waals surface area contributed by atoms with Crippen molar-refractivity contribution in [1.82, 2.24) is 4.90 Å². The first kappa shape index (κ1) is 17.0. The standard InChI is InChI=1S/C19H22BrN3O/c20-16-4-6-18(7-5-16)22-19(24)15-8-10-23(11-9-15)13-14-2-1-3-17(21)12-14/h1-7,12,15H,8-11,13,21H2,(H,22,24). The zero-order chi connectivity index (χ0) is 16.9. The second-order valence-corrected chi connectivity index (χ2v) is 7.21. The highest BCUT2D eigenvalue weighted by Crippen LogP contribution is 2.22. The van der Waals surface area contributed by atoms with E-state index in [1.165, 1.54) is 5.56 Å². The molecule has 0 spiro atoms. The molecule has 0 bridgehead atoms. The second-order valence-electron chi connectivity index (χ2n) is 6.29. The van der Waals surface area contributed by atoms with Gasteiger partial charge < -0.3 is 11.1 Å². The molecular formula is C19H22BrN3O. The van der Waals surface area contributed by atoms with Crippen LogP contribution in [-0.2, 0) is 11.3 Å². The van der Waals surface area contributed by atoms with Gasteiger partial charge in [-0.3, -0.25) is 9.69 Å². The number of piperidine rings is 1. The molecule has 0 atom stereocenters. The summed E-state index contributed by atoms with van der Waals surface area (Å²) in [6, 6.07) is 15.7. The first-order chi connectivity index (χ1) is 11.6. The van der Waals surface area contributed by atoms with E-state index in [1.54, 1.807) is 0 Å². The second kappa shape index (κ2) is 7.81. The maximum atomic E-state index is 12.4. The summed E-state index contributed by atoms with van der Waals surface area (Å²) < 4.78 is 1.01. The maximum Gasteiger partial charge on any atom is 0.227 e. The fourth-order valence-electron chi connectivity index (χ4n) is 3.08. The molecule has 0 unspecified atom stereocenters. The Balaban J connectivity index is 1.49. The van der Waals surface area contributed by atoms with E-state index in [1.807, 2.05) is 42.5 Å². The SMILES string of the molecule is Nc1cccc(CN2CCC(C(=O)Nc3ccc(Br)cc3)CC2)c1. The van der Waals surface area contributed by atoms with Gasteiger partial charge in [0.1, 0.15) is 0 Å². The smallest absolute Gasteiger partial charge is 0.227 e. The molecule has 4 nitrogen and oxygen atoms in total. The molecular weight excluding hydrogens is 366 g/mol. The molecule has 0 aromatic heterocycles. The molecule has 1 aliphatic rings. The van der Waals surface area contributed by atoms with Gasteiger partial charge in [0.25, 0.3) is 0 Å². The first-order valence-corrected chi connectivity index (χ1v) is 9.02. The van der Waals surface area contributed by atoms with Gasteiger partial charge in [-0.2, -0.15) is 0 Å². The molecule has 126 valence electrons. The van der Waals surface area contributed by atoms with Crippen LogP contribution in [0.3, 0.4) is 0 Å². The van der Waals surface area contributed by atoms with Gasteiger partial charge >= 0.3 is 0 Å². The van der Waals surface area contributed by atoms with Crippen molar-refractivity contribution in [2.75, 3.05) is 24.1 Å². The van der Waals surface area contributed by atoms with Crippen molar-refractivity contribution >= 4 is 33.2 Å². The summed E-state index contributed by atoms with van der Waals surface area (Å²) in [4.78, 5) is 14.8. The van der Waals surface area contributed by atoms with Crippen LogP contribution in [0.2, 0.25) is 0 Å². The van der Waals surface area contributed by atoms with E-state index in [0.29, 0.717) is 0 Å². The molecule has 1 saturated heterocycles. The molecule has 1 heterocycles. The quantitative estimate of drug-likeness (QED) is 0.782. The molecule has 3 rings (SSSR count). The van der Waals surface area contributed by atoms with Gasteiger partial charge in [0.15, 0.2) is 0 Å².